The summed E-state index contributed by atoms with van der Waals surface area (Å²) < 4.78 is 1.04. The fraction of sp³-hybridized carbons (Fsp3) is 0.375. The number of thiophene rings is 1. The van der Waals surface area contributed by atoms with Crippen LogP contribution in [0.25, 0.3) is 0 Å². The lowest BCUT2D eigenvalue weighted by Gasteiger charge is -2.10. The van der Waals surface area contributed by atoms with Gasteiger partial charge in [0.25, 0.3) is 0 Å². The maximum Gasteiger partial charge on any atom is 0.245 e. The lowest BCUT2D eigenvalue weighted by Crippen LogP contribution is -2.26. The van der Waals surface area contributed by atoms with Crippen molar-refractivity contribution in [3.05, 3.63) is 20.8 Å². The molecule has 0 fully saturated rings. The maximum atomic E-state index is 10.4. The maximum absolute atomic E-state index is 10.4. The molecule has 78 valence electrons. The Morgan fingerprint density at radius 3 is 3.07 bits per heavy atom. The molecule has 1 heterocycles. The standard InChI is InChI=1S/C8H11BrN2O2S/c1-5(11-13-3-8(10)12)7-2-6(9)4-14-7/h2,4-5,11H,3H2,1H3,(H2,10,12). The number of carbonyl (C=O) groups excluding carboxylic acids is 1. The number of halogens is 1. The van der Waals surface area contributed by atoms with Crippen molar-refractivity contribution in [2.24, 2.45) is 5.73 Å². The molecule has 0 aliphatic carbocycles. The van der Waals surface area contributed by atoms with Crippen molar-refractivity contribution in [3.8, 4) is 0 Å². The summed E-state index contributed by atoms with van der Waals surface area (Å²) in [5.41, 5.74) is 7.64. The first-order chi connectivity index (χ1) is 6.59. The molecule has 1 amide bonds. The van der Waals surface area contributed by atoms with E-state index in [0.29, 0.717) is 0 Å². The summed E-state index contributed by atoms with van der Waals surface area (Å²) in [6.07, 6.45) is 0. The molecule has 0 bridgehead atoms. The number of primary amides is 1. The fourth-order valence-corrected chi connectivity index (χ4v) is 2.29. The van der Waals surface area contributed by atoms with Crippen LogP contribution in [0.1, 0.15) is 17.8 Å². The van der Waals surface area contributed by atoms with Crippen molar-refractivity contribution >= 4 is 33.2 Å². The summed E-state index contributed by atoms with van der Waals surface area (Å²) in [5, 5.41) is 1.99. The minimum Gasteiger partial charge on any atom is -0.368 e. The molecule has 0 spiro atoms. The van der Waals surface area contributed by atoms with Gasteiger partial charge in [-0.1, -0.05) is 0 Å². The van der Waals surface area contributed by atoms with Crippen LogP contribution in [0, 0.1) is 0 Å². The summed E-state index contributed by atoms with van der Waals surface area (Å²) in [5.74, 6) is -0.489. The second-order valence-electron chi connectivity index (χ2n) is 2.76. The molecule has 0 aromatic carbocycles. The molecule has 14 heavy (non-hydrogen) atoms. The van der Waals surface area contributed by atoms with Gasteiger partial charge in [-0.2, -0.15) is 5.48 Å². The molecule has 0 aliphatic heterocycles. The molecule has 1 atom stereocenters. The second-order valence-corrected chi connectivity index (χ2v) is 4.62. The highest BCUT2D eigenvalue weighted by Gasteiger charge is 2.07. The lowest BCUT2D eigenvalue weighted by molar-refractivity contribution is -0.125. The van der Waals surface area contributed by atoms with E-state index in [9.17, 15) is 4.79 Å². The largest absolute Gasteiger partial charge is 0.368 e. The van der Waals surface area contributed by atoms with E-state index in [4.69, 9.17) is 10.6 Å². The Bertz CT molecular complexity index is 316. The highest BCUT2D eigenvalue weighted by atomic mass is 79.9. The van der Waals surface area contributed by atoms with Gasteiger partial charge in [0, 0.05) is 14.7 Å². The highest BCUT2D eigenvalue weighted by Crippen LogP contribution is 2.25. The van der Waals surface area contributed by atoms with Crippen molar-refractivity contribution < 1.29 is 9.63 Å². The minimum absolute atomic E-state index is 0.0469. The quantitative estimate of drug-likeness (QED) is 0.804. The Morgan fingerprint density at radius 2 is 2.57 bits per heavy atom. The summed E-state index contributed by atoms with van der Waals surface area (Å²) in [6.45, 7) is 1.83. The molecule has 1 unspecified atom stereocenters. The summed E-state index contributed by atoms with van der Waals surface area (Å²) >= 11 is 4.97. The first-order valence-corrected chi connectivity index (χ1v) is 5.66. The van der Waals surface area contributed by atoms with Gasteiger partial charge in [0.05, 0.1) is 6.04 Å². The van der Waals surface area contributed by atoms with Crippen LogP contribution in [-0.4, -0.2) is 12.5 Å². The van der Waals surface area contributed by atoms with Gasteiger partial charge >= 0.3 is 0 Å². The van der Waals surface area contributed by atoms with Crippen molar-refractivity contribution in [2.75, 3.05) is 6.61 Å². The summed E-state index contributed by atoms with van der Waals surface area (Å²) in [6, 6.07) is 2.04. The highest BCUT2D eigenvalue weighted by molar-refractivity contribution is 9.10. The topological polar surface area (TPSA) is 64.3 Å². The predicted octanol–water partition coefficient (Wildman–Crippen LogP) is 1.58. The van der Waals surface area contributed by atoms with Crippen LogP contribution >= 0.6 is 27.3 Å². The number of hydroxylamine groups is 1. The molecule has 0 saturated carbocycles. The van der Waals surface area contributed by atoms with E-state index < -0.39 is 5.91 Å². The Kier molecular flexibility index (Phi) is 4.53. The van der Waals surface area contributed by atoms with E-state index in [2.05, 4.69) is 21.4 Å². The van der Waals surface area contributed by atoms with Gasteiger partial charge in [-0.05, 0) is 28.9 Å². The first-order valence-electron chi connectivity index (χ1n) is 3.99. The van der Waals surface area contributed by atoms with Gasteiger partial charge in [-0.25, -0.2) is 0 Å². The zero-order valence-corrected chi connectivity index (χ0v) is 10.0. The number of nitrogens with two attached hydrogens (primary N) is 1. The Hall–Kier alpha value is -0.430. The van der Waals surface area contributed by atoms with E-state index in [1.807, 2.05) is 18.4 Å². The van der Waals surface area contributed by atoms with Crippen molar-refractivity contribution in [3.63, 3.8) is 0 Å². The molecule has 1 aromatic rings. The van der Waals surface area contributed by atoms with Gasteiger partial charge in [0.15, 0.2) is 0 Å². The van der Waals surface area contributed by atoms with E-state index in [1.54, 1.807) is 11.3 Å². The third-order valence-corrected chi connectivity index (χ3v) is 3.37. The fourth-order valence-electron chi connectivity index (χ4n) is 0.851. The second kappa shape index (κ2) is 5.45. The molecule has 0 aliphatic rings. The molecule has 1 aromatic heterocycles. The van der Waals surface area contributed by atoms with Crippen LogP contribution < -0.4 is 11.2 Å². The van der Waals surface area contributed by atoms with Gasteiger partial charge in [0.1, 0.15) is 6.61 Å². The van der Waals surface area contributed by atoms with E-state index in [0.717, 1.165) is 9.35 Å². The summed E-state index contributed by atoms with van der Waals surface area (Å²) in [4.78, 5) is 16.4. The smallest absolute Gasteiger partial charge is 0.245 e. The Morgan fingerprint density at radius 1 is 1.86 bits per heavy atom. The van der Waals surface area contributed by atoms with Crippen LogP contribution in [0.3, 0.4) is 0 Å². The minimum atomic E-state index is -0.489. The van der Waals surface area contributed by atoms with Crippen LogP contribution in [0.5, 0.6) is 0 Å². The van der Waals surface area contributed by atoms with E-state index >= 15 is 0 Å². The van der Waals surface area contributed by atoms with Crippen LogP contribution in [-0.2, 0) is 9.63 Å². The average molecular weight is 279 g/mol. The number of rotatable bonds is 5. The van der Waals surface area contributed by atoms with Crippen molar-refractivity contribution in [1.82, 2.24) is 5.48 Å². The van der Waals surface area contributed by atoms with Crippen LogP contribution in [0.2, 0.25) is 0 Å². The van der Waals surface area contributed by atoms with Gasteiger partial charge in [-0.3, -0.25) is 9.63 Å². The number of hydrogen-bond acceptors (Lipinski definition) is 4. The number of amides is 1. The zero-order valence-electron chi connectivity index (χ0n) is 7.62. The van der Waals surface area contributed by atoms with E-state index in [1.165, 1.54) is 0 Å². The normalized spacial score (nSPS) is 12.7. The molecule has 6 heteroatoms. The van der Waals surface area contributed by atoms with Crippen LogP contribution in [0.15, 0.2) is 15.9 Å². The van der Waals surface area contributed by atoms with Gasteiger partial charge in [0.2, 0.25) is 5.91 Å². The molecule has 3 N–H and O–H groups in total. The molecule has 4 nitrogen and oxygen atoms in total. The number of hydrogen-bond donors (Lipinski definition) is 2. The number of carbonyl (C=O) groups is 1. The molecule has 0 saturated heterocycles. The third kappa shape index (κ3) is 3.75. The Labute approximate surface area is 94.5 Å². The van der Waals surface area contributed by atoms with Crippen molar-refractivity contribution in [1.29, 1.82) is 0 Å². The molecular weight excluding hydrogens is 268 g/mol. The third-order valence-electron chi connectivity index (χ3n) is 1.49. The molecule has 1 rings (SSSR count). The molecular formula is C8H11BrN2O2S. The van der Waals surface area contributed by atoms with Crippen LogP contribution in [0.4, 0.5) is 0 Å². The van der Waals surface area contributed by atoms with Gasteiger partial charge in [-0.15, -0.1) is 11.3 Å². The van der Waals surface area contributed by atoms with Crippen molar-refractivity contribution in [2.45, 2.75) is 13.0 Å². The SMILES string of the molecule is CC(NOCC(N)=O)c1cc(Br)cs1. The van der Waals surface area contributed by atoms with Gasteiger partial charge < -0.3 is 5.73 Å². The zero-order chi connectivity index (χ0) is 10.6. The Balaban J connectivity index is 2.35. The van der Waals surface area contributed by atoms with E-state index in [-0.39, 0.29) is 12.6 Å². The first kappa shape index (κ1) is 11.6. The number of nitrogens with one attached hydrogen (secondary N) is 1. The lowest BCUT2D eigenvalue weighted by atomic mass is 10.3. The predicted molar refractivity (Wildman–Crippen MR) is 58.7 cm³/mol. The monoisotopic (exact) mass is 278 g/mol. The average Bonchev–Trinajstić information content (AvgIpc) is 2.51. The summed E-state index contributed by atoms with van der Waals surface area (Å²) in [7, 11) is 0. The molecule has 0 radical (unpaired) electrons.